The molecule has 1 aromatic heterocycles. The molecule has 4 atom stereocenters. The van der Waals surface area contributed by atoms with Gasteiger partial charge in [-0.25, -0.2) is 0 Å². The Kier molecular flexibility index (Phi) is 2.06. The van der Waals surface area contributed by atoms with Crippen molar-refractivity contribution >= 4 is 5.91 Å². The van der Waals surface area contributed by atoms with Crippen molar-refractivity contribution in [3.05, 3.63) is 11.9 Å². The number of aromatic amines is 1. The van der Waals surface area contributed by atoms with Crippen LogP contribution in [0.2, 0.25) is 0 Å². The lowest BCUT2D eigenvalue weighted by Gasteiger charge is -2.22. The Labute approximate surface area is 105 Å². The van der Waals surface area contributed by atoms with Gasteiger partial charge in [-0.15, -0.1) is 5.10 Å². The Morgan fingerprint density at radius 1 is 1.33 bits per heavy atom. The third-order valence-corrected chi connectivity index (χ3v) is 5.14. The second kappa shape index (κ2) is 3.54. The quantitative estimate of drug-likeness (QED) is 0.757. The molecule has 3 aliphatic heterocycles. The van der Waals surface area contributed by atoms with Gasteiger partial charge in [0.1, 0.15) is 5.69 Å². The predicted molar refractivity (Wildman–Crippen MR) is 63.8 cm³/mol. The molecule has 1 aromatic rings. The fraction of sp³-hybridized carbons (Fsp3) is 0.750. The van der Waals surface area contributed by atoms with Crippen molar-refractivity contribution < 1.29 is 4.79 Å². The number of nitrogens with zero attached hydrogens (tertiary/aromatic N) is 4. The van der Waals surface area contributed by atoms with Gasteiger partial charge in [0, 0.05) is 25.2 Å². The molecule has 4 rings (SSSR count). The molecule has 4 heterocycles. The first-order chi connectivity index (χ1) is 8.75. The molecule has 1 amide bonds. The van der Waals surface area contributed by atoms with Crippen LogP contribution in [0, 0.1) is 11.8 Å². The number of hydrogen-bond donors (Lipinski definition) is 1. The molecular weight excluding hydrogens is 230 g/mol. The van der Waals surface area contributed by atoms with Crippen molar-refractivity contribution in [3.63, 3.8) is 0 Å². The fourth-order valence-corrected chi connectivity index (χ4v) is 4.33. The zero-order valence-electron chi connectivity index (χ0n) is 10.4. The molecule has 0 spiro atoms. The maximum absolute atomic E-state index is 12.3. The van der Waals surface area contributed by atoms with Gasteiger partial charge in [0.25, 0.3) is 5.91 Å². The molecular formula is C12H17N5O. The fourth-order valence-electron chi connectivity index (χ4n) is 4.33. The number of fused-ring (bicyclic) bond motifs is 5. The summed E-state index contributed by atoms with van der Waals surface area (Å²) in [4.78, 5) is 16.8. The summed E-state index contributed by atoms with van der Waals surface area (Å²) in [6, 6.07) is 1.38. The van der Waals surface area contributed by atoms with Crippen LogP contribution in [0.5, 0.6) is 0 Å². The van der Waals surface area contributed by atoms with Crippen LogP contribution in [0.25, 0.3) is 0 Å². The Bertz CT molecular complexity index is 453. The van der Waals surface area contributed by atoms with Gasteiger partial charge in [0.15, 0.2) is 0 Å². The highest BCUT2D eigenvalue weighted by atomic mass is 16.2. The average Bonchev–Trinajstić information content (AvgIpc) is 3.09. The van der Waals surface area contributed by atoms with Crippen LogP contribution in [0.15, 0.2) is 6.20 Å². The Morgan fingerprint density at radius 3 is 2.56 bits per heavy atom. The zero-order chi connectivity index (χ0) is 12.3. The molecule has 0 unspecified atom stereocenters. The number of hydrogen-bond acceptors (Lipinski definition) is 4. The number of likely N-dealkylation sites (tertiary alicyclic amines) is 1. The van der Waals surface area contributed by atoms with Gasteiger partial charge in [-0.05, 0) is 31.7 Å². The molecule has 0 aromatic carbocycles. The topological polar surface area (TPSA) is 65.1 Å². The number of nitrogens with one attached hydrogen (secondary N) is 1. The highest BCUT2D eigenvalue weighted by Crippen LogP contribution is 2.48. The van der Waals surface area contributed by atoms with Crippen molar-refractivity contribution in [1.29, 1.82) is 0 Å². The summed E-state index contributed by atoms with van der Waals surface area (Å²) in [7, 11) is 2.24. The number of amides is 1. The summed E-state index contributed by atoms with van der Waals surface area (Å²) >= 11 is 0. The number of H-pyrrole nitrogens is 1. The van der Waals surface area contributed by atoms with Crippen molar-refractivity contribution in [2.24, 2.45) is 11.8 Å². The van der Waals surface area contributed by atoms with Crippen LogP contribution in [-0.4, -0.2) is 63.3 Å². The van der Waals surface area contributed by atoms with E-state index in [1.54, 1.807) is 0 Å². The van der Waals surface area contributed by atoms with Crippen molar-refractivity contribution in [2.75, 3.05) is 20.1 Å². The van der Waals surface area contributed by atoms with Crippen LogP contribution in [-0.2, 0) is 0 Å². The largest absolute Gasteiger partial charge is 0.337 e. The second-order valence-corrected chi connectivity index (χ2v) is 5.79. The zero-order valence-corrected chi connectivity index (χ0v) is 10.4. The van der Waals surface area contributed by atoms with Gasteiger partial charge in [0.2, 0.25) is 0 Å². The highest BCUT2D eigenvalue weighted by Gasteiger charge is 2.55. The molecule has 0 aliphatic carbocycles. The predicted octanol–water partition coefficient (Wildman–Crippen LogP) is -0.0307. The highest BCUT2D eigenvalue weighted by molar-refractivity contribution is 5.92. The minimum atomic E-state index is 0.0523. The van der Waals surface area contributed by atoms with Crippen LogP contribution in [0.4, 0.5) is 0 Å². The van der Waals surface area contributed by atoms with E-state index in [2.05, 4.69) is 27.4 Å². The van der Waals surface area contributed by atoms with E-state index in [4.69, 9.17) is 0 Å². The molecule has 2 bridgehead atoms. The van der Waals surface area contributed by atoms with Gasteiger partial charge < -0.3 is 4.90 Å². The summed E-state index contributed by atoms with van der Waals surface area (Å²) in [5.41, 5.74) is 0.510. The average molecular weight is 247 g/mol. The van der Waals surface area contributed by atoms with E-state index in [0.29, 0.717) is 29.6 Å². The smallest absolute Gasteiger partial charge is 0.273 e. The molecule has 3 aliphatic rings. The lowest BCUT2D eigenvalue weighted by atomic mass is 9.82. The van der Waals surface area contributed by atoms with Crippen molar-refractivity contribution in [2.45, 2.75) is 24.9 Å². The first-order valence-electron chi connectivity index (χ1n) is 6.63. The van der Waals surface area contributed by atoms with E-state index in [0.717, 1.165) is 13.1 Å². The molecule has 1 N–H and O–H groups in total. The van der Waals surface area contributed by atoms with E-state index in [9.17, 15) is 4.79 Å². The second-order valence-electron chi connectivity index (χ2n) is 5.79. The molecule has 0 saturated carbocycles. The monoisotopic (exact) mass is 247 g/mol. The normalized spacial score (nSPS) is 38.4. The minimum Gasteiger partial charge on any atom is -0.337 e. The van der Waals surface area contributed by atoms with Gasteiger partial charge in [-0.2, -0.15) is 0 Å². The number of aromatic nitrogens is 3. The molecule has 6 heteroatoms. The number of carbonyl (C=O) groups is 1. The molecule has 0 radical (unpaired) electrons. The molecule has 3 fully saturated rings. The molecule has 18 heavy (non-hydrogen) atoms. The lowest BCUT2D eigenvalue weighted by molar-refractivity contribution is 0.0761. The lowest BCUT2D eigenvalue weighted by Crippen LogP contribution is -2.36. The minimum absolute atomic E-state index is 0.0523. The Hall–Kier alpha value is -1.43. The summed E-state index contributed by atoms with van der Waals surface area (Å²) in [6.45, 7) is 1.79. The standard InChI is InChI=1S/C12H17N5O/c1-16-10-2-3-11(16)8-6-17(5-7(8)10)12(18)9-4-13-15-14-9/h4,7-8,10-11H,2-3,5-6H2,1H3,(H,13,14,15)/t7-,8+,10+,11-. The third kappa shape index (κ3) is 1.24. The maximum atomic E-state index is 12.3. The van der Waals surface area contributed by atoms with Gasteiger partial charge >= 0.3 is 0 Å². The van der Waals surface area contributed by atoms with E-state index < -0.39 is 0 Å². The van der Waals surface area contributed by atoms with E-state index in [-0.39, 0.29) is 5.91 Å². The van der Waals surface area contributed by atoms with Crippen molar-refractivity contribution in [1.82, 2.24) is 25.2 Å². The Balaban J connectivity index is 1.54. The molecule has 96 valence electrons. The van der Waals surface area contributed by atoms with Crippen LogP contribution in [0.3, 0.4) is 0 Å². The maximum Gasteiger partial charge on any atom is 0.273 e. The number of rotatable bonds is 1. The van der Waals surface area contributed by atoms with Crippen LogP contribution >= 0.6 is 0 Å². The van der Waals surface area contributed by atoms with Crippen LogP contribution < -0.4 is 0 Å². The van der Waals surface area contributed by atoms with Gasteiger partial charge in [-0.3, -0.25) is 14.8 Å². The molecule has 3 saturated heterocycles. The summed E-state index contributed by atoms with van der Waals surface area (Å²) in [6.07, 6.45) is 4.11. The van der Waals surface area contributed by atoms with Gasteiger partial charge in [-0.1, -0.05) is 5.21 Å². The molecule has 6 nitrogen and oxygen atoms in total. The SMILES string of the molecule is CN1[C@@H]2CC[C@H]1[C@@H]1CN(C(=O)c3cnn[nH]3)C[C@@H]12. The first-order valence-corrected chi connectivity index (χ1v) is 6.63. The van der Waals surface area contributed by atoms with Crippen LogP contribution in [0.1, 0.15) is 23.3 Å². The van der Waals surface area contributed by atoms with Crippen molar-refractivity contribution in [3.8, 4) is 0 Å². The third-order valence-electron chi connectivity index (χ3n) is 5.14. The summed E-state index contributed by atoms with van der Waals surface area (Å²) < 4.78 is 0. The number of carbonyl (C=O) groups excluding carboxylic acids is 1. The Morgan fingerprint density at radius 2 is 2.00 bits per heavy atom. The summed E-state index contributed by atoms with van der Waals surface area (Å²) in [5, 5.41) is 9.95. The van der Waals surface area contributed by atoms with E-state index in [1.165, 1.54) is 19.0 Å². The summed E-state index contributed by atoms with van der Waals surface area (Å²) in [5.74, 6) is 1.40. The van der Waals surface area contributed by atoms with Gasteiger partial charge in [0.05, 0.1) is 6.20 Å². The first kappa shape index (κ1) is 10.5. The van der Waals surface area contributed by atoms with E-state index >= 15 is 0 Å². The van der Waals surface area contributed by atoms with E-state index in [1.807, 2.05) is 4.90 Å².